The Hall–Kier alpha value is -1.94. The molecule has 0 radical (unpaired) electrons. The highest BCUT2D eigenvalue weighted by Gasteiger charge is 2.30. The molecule has 0 aliphatic heterocycles. The van der Waals surface area contributed by atoms with Gasteiger partial charge in [-0.15, -0.1) is 0 Å². The summed E-state index contributed by atoms with van der Waals surface area (Å²) in [4.78, 5) is 72.4. The van der Waals surface area contributed by atoms with Gasteiger partial charge in [-0.05, 0) is 37.5 Å². The maximum atomic E-state index is 13.0. The fourth-order valence-electron chi connectivity index (χ4n) is 10.8. The van der Waals surface area contributed by atoms with E-state index in [1.807, 2.05) is 0 Å². The third-order valence-electron chi connectivity index (χ3n) is 16.5. The van der Waals surface area contributed by atoms with Gasteiger partial charge >= 0.3 is 39.5 Å². The van der Waals surface area contributed by atoms with E-state index in [0.29, 0.717) is 25.7 Å². The van der Waals surface area contributed by atoms with E-state index in [2.05, 4.69) is 41.5 Å². The molecule has 3 N–H and O–H groups in total. The second-order valence-corrected chi connectivity index (χ2v) is 29.5. The Bertz CT molecular complexity index is 1750. The van der Waals surface area contributed by atoms with Crippen molar-refractivity contribution in [2.75, 3.05) is 39.6 Å². The number of phosphoric ester groups is 2. The van der Waals surface area contributed by atoms with Crippen LogP contribution in [-0.4, -0.2) is 96.7 Å². The predicted molar refractivity (Wildman–Crippen MR) is 363 cm³/mol. The molecule has 534 valence electrons. The van der Waals surface area contributed by atoms with Crippen LogP contribution in [0, 0.1) is 11.8 Å². The van der Waals surface area contributed by atoms with Crippen LogP contribution >= 0.6 is 15.6 Å². The van der Waals surface area contributed by atoms with Gasteiger partial charge in [0.05, 0.1) is 26.4 Å². The third kappa shape index (κ3) is 64.8. The molecule has 0 amide bonds. The lowest BCUT2D eigenvalue weighted by molar-refractivity contribution is -0.161. The first-order chi connectivity index (χ1) is 43.4. The molecule has 0 rings (SSSR count). The van der Waals surface area contributed by atoms with E-state index < -0.39 is 97.5 Å². The Morgan fingerprint density at radius 3 is 0.756 bits per heavy atom. The molecule has 0 aliphatic rings. The van der Waals surface area contributed by atoms with Gasteiger partial charge in [-0.1, -0.05) is 311 Å². The van der Waals surface area contributed by atoms with Crippen LogP contribution < -0.4 is 0 Å². The van der Waals surface area contributed by atoms with Crippen LogP contribution in [-0.2, 0) is 65.4 Å². The van der Waals surface area contributed by atoms with Crippen molar-refractivity contribution in [3.63, 3.8) is 0 Å². The number of unbranched alkanes of at least 4 members (excludes halogenated alkanes) is 40. The van der Waals surface area contributed by atoms with E-state index in [4.69, 9.17) is 37.0 Å². The minimum absolute atomic E-state index is 0.106. The number of aliphatic hydroxyl groups excluding tert-OH is 1. The molecular formula is C71H138O17P2. The van der Waals surface area contributed by atoms with Gasteiger partial charge in [-0.2, -0.15) is 0 Å². The van der Waals surface area contributed by atoms with Gasteiger partial charge in [0.1, 0.15) is 19.3 Å². The zero-order chi connectivity index (χ0) is 66.5. The average Bonchev–Trinajstić information content (AvgIpc) is 3.13. The monoisotopic (exact) mass is 1320 g/mol. The van der Waals surface area contributed by atoms with E-state index >= 15 is 0 Å². The van der Waals surface area contributed by atoms with Gasteiger partial charge in [-0.3, -0.25) is 37.3 Å². The van der Waals surface area contributed by atoms with E-state index in [0.717, 1.165) is 115 Å². The van der Waals surface area contributed by atoms with Crippen LogP contribution in [0.5, 0.6) is 0 Å². The second kappa shape index (κ2) is 63.1. The van der Waals surface area contributed by atoms with E-state index in [-0.39, 0.29) is 25.7 Å². The standard InChI is InChI=1S/C71H138O17P2/c1-7-9-11-13-15-16-30-37-43-49-55-70(75)87-66(59-81-68(73)53-47-41-33-14-12-10-8-2)61-85-89(77,78)83-57-65(72)58-84-90(79,80)86-62-67(60-82-69(74)54-48-42-36-31-26-23-19-21-25-29-35-40-46-52-64(5)6)88-71(76)56-50-44-38-32-27-22-18-17-20-24-28-34-39-45-51-63(3)4/h63-67,72H,7-62H2,1-6H3,(H,77,78)(H,79,80)/t65-,66+,67+/m0/s1. The fourth-order valence-corrected chi connectivity index (χ4v) is 12.3. The summed E-state index contributed by atoms with van der Waals surface area (Å²) in [5.74, 6) is -0.541. The molecule has 0 bridgehead atoms. The summed E-state index contributed by atoms with van der Waals surface area (Å²) >= 11 is 0. The van der Waals surface area contributed by atoms with Crippen LogP contribution in [0.4, 0.5) is 0 Å². The smallest absolute Gasteiger partial charge is 0.462 e. The molecule has 0 saturated carbocycles. The molecule has 90 heavy (non-hydrogen) atoms. The molecule has 0 fully saturated rings. The SMILES string of the molecule is CCCCCCCCCCCCC(=O)O[C@H](COC(=O)CCCCCCCCC)COP(=O)(O)OC[C@H](O)COP(=O)(O)OC[C@@H](COC(=O)CCCCCCCCCCCCCCCC(C)C)OC(=O)CCCCCCCCCCCCCCCCC(C)C. The van der Waals surface area contributed by atoms with Crippen molar-refractivity contribution in [3.8, 4) is 0 Å². The molecule has 17 nitrogen and oxygen atoms in total. The van der Waals surface area contributed by atoms with Crippen LogP contribution in [0.25, 0.3) is 0 Å². The highest BCUT2D eigenvalue weighted by atomic mass is 31.2. The summed E-state index contributed by atoms with van der Waals surface area (Å²) < 4.78 is 68.2. The minimum atomic E-state index is -4.95. The minimum Gasteiger partial charge on any atom is -0.462 e. The average molecular weight is 1330 g/mol. The lowest BCUT2D eigenvalue weighted by Crippen LogP contribution is -2.30. The number of phosphoric acid groups is 2. The normalized spacial score (nSPS) is 14.1. The first kappa shape index (κ1) is 88.1. The summed E-state index contributed by atoms with van der Waals surface area (Å²) in [5.41, 5.74) is 0. The van der Waals surface area contributed by atoms with Crippen LogP contribution in [0.1, 0.15) is 363 Å². The second-order valence-electron chi connectivity index (χ2n) is 26.6. The number of hydrogen-bond acceptors (Lipinski definition) is 15. The van der Waals surface area contributed by atoms with E-state index in [9.17, 15) is 43.2 Å². The van der Waals surface area contributed by atoms with Crippen molar-refractivity contribution >= 4 is 39.5 Å². The van der Waals surface area contributed by atoms with Crippen LogP contribution in [0.3, 0.4) is 0 Å². The lowest BCUT2D eigenvalue weighted by atomic mass is 10.0. The summed E-state index contributed by atoms with van der Waals surface area (Å²) in [6.07, 6.45) is 48.7. The van der Waals surface area contributed by atoms with Crippen LogP contribution in [0.2, 0.25) is 0 Å². The molecule has 2 unspecified atom stereocenters. The maximum absolute atomic E-state index is 13.0. The van der Waals surface area contributed by atoms with Crippen molar-refractivity contribution in [2.45, 2.75) is 381 Å². The van der Waals surface area contributed by atoms with Crippen molar-refractivity contribution in [2.24, 2.45) is 11.8 Å². The molecule has 0 aromatic rings. The first-order valence-electron chi connectivity index (χ1n) is 37.0. The quantitative estimate of drug-likeness (QED) is 0.0222. The maximum Gasteiger partial charge on any atom is 0.472 e. The number of hydrogen-bond donors (Lipinski definition) is 3. The summed E-state index contributed by atoms with van der Waals surface area (Å²) in [7, 11) is -9.89. The molecule has 0 spiro atoms. The largest absolute Gasteiger partial charge is 0.472 e. The van der Waals surface area contributed by atoms with E-state index in [1.165, 1.54) is 167 Å². The van der Waals surface area contributed by atoms with E-state index in [1.54, 1.807) is 0 Å². The summed E-state index contributed by atoms with van der Waals surface area (Å²) in [6.45, 7) is 9.55. The molecule has 19 heteroatoms. The van der Waals surface area contributed by atoms with Gasteiger partial charge in [0.25, 0.3) is 0 Å². The molecule has 0 aromatic heterocycles. The molecular weight excluding hydrogens is 1190 g/mol. The van der Waals surface area contributed by atoms with Crippen molar-refractivity contribution < 1.29 is 80.2 Å². The number of esters is 4. The predicted octanol–water partition coefficient (Wildman–Crippen LogP) is 20.4. The Balaban J connectivity index is 5.19. The number of aliphatic hydroxyl groups is 1. The number of carbonyl (C=O) groups is 4. The zero-order valence-electron chi connectivity index (χ0n) is 58.4. The fraction of sp³-hybridized carbons (Fsp3) is 0.944. The topological polar surface area (TPSA) is 237 Å². The van der Waals surface area contributed by atoms with Gasteiger partial charge in [-0.25, -0.2) is 9.13 Å². The highest BCUT2D eigenvalue weighted by molar-refractivity contribution is 7.47. The van der Waals surface area contributed by atoms with Crippen LogP contribution in [0.15, 0.2) is 0 Å². The summed E-state index contributed by atoms with van der Waals surface area (Å²) in [5, 5.41) is 10.6. The summed E-state index contributed by atoms with van der Waals surface area (Å²) in [6, 6.07) is 0. The molecule has 5 atom stereocenters. The first-order valence-corrected chi connectivity index (χ1v) is 40.0. The Morgan fingerprint density at radius 1 is 0.300 bits per heavy atom. The third-order valence-corrected chi connectivity index (χ3v) is 18.4. The molecule has 0 heterocycles. The zero-order valence-corrected chi connectivity index (χ0v) is 60.2. The number of carbonyl (C=O) groups excluding carboxylic acids is 4. The van der Waals surface area contributed by atoms with Crippen molar-refractivity contribution in [3.05, 3.63) is 0 Å². The van der Waals surface area contributed by atoms with Gasteiger partial charge in [0.15, 0.2) is 12.2 Å². The van der Waals surface area contributed by atoms with Gasteiger partial charge in [0, 0.05) is 25.7 Å². The lowest BCUT2D eigenvalue weighted by Gasteiger charge is -2.21. The Labute approximate surface area is 549 Å². The van der Waals surface area contributed by atoms with Gasteiger partial charge < -0.3 is 33.8 Å². The molecule has 0 aromatic carbocycles. The Morgan fingerprint density at radius 2 is 0.511 bits per heavy atom. The number of rotatable bonds is 70. The molecule has 0 saturated heterocycles. The molecule has 0 aliphatic carbocycles. The van der Waals surface area contributed by atoms with Gasteiger partial charge in [0.2, 0.25) is 0 Å². The highest BCUT2D eigenvalue weighted by Crippen LogP contribution is 2.45. The van der Waals surface area contributed by atoms with Crippen molar-refractivity contribution in [1.29, 1.82) is 0 Å². The number of ether oxygens (including phenoxy) is 4. The Kier molecular flexibility index (Phi) is 61.8. The van der Waals surface area contributed by atoms with Crippen molar-refractivity contribution in [1.82, 2.24) is 0 Å².